The molecule has 1 aliphatic rings. The van der Waals surface area contributed by atoms with Gasteiger partial charge in [0.05, 0.1) is 0 Å². The standard InChI is InChI=1S/C11H17NOS/c1-7(2)10-9(12-11(13)14-10)8-5-3-4-6-8/h7-8H,3-6H2,1-2H3,(H,12,13). The van der Waals surface area contributed by atoms with E-state index in [1.54, 1.807) is 0 Å². The Balaban J connectivity index is 2.35. The predicted octanol–water partition coefficient (Wildman–Crippen LogP) is 3.22. The van der Waals surface area contributed by atoms with Crippen LogP contribution in [0.5, 0.6) is 0 Å². The zero-order valence-electron chi connectivity index (χ0n) is 8.80. The zero-order valence-corrected chi connectivity index (χ0v) is 9.62. The SMILES string of the molecule is CC(C)c1sc(=O)[nH]c1C1CCCC1. The fourth-order valence-electron chi connectivity index (χ4n) is 2.30. The Kier molecular flexibility index (Phi) is 2.77. The van der Waals surface area contributed by atoms with E-state index in [1.165, 1.54) is 47.6 Å². The summed E-state index contributed by atoms with van der Waals surface area (Å²) >= 11 is 1.40. The highest BCUT2D eigenvalue weighted by Crippen LogP contribution is 2.37. The summed E-state index contributed by atoms with van der Waals surface area (Å²) in [6.45, 7) is 4.33. The van der Waals surface area contributed by atoms with Gasteiger partial charge in [-0.1, -0.05) is 38.0 Å². The fourth-order valence-corrected chi connectivity index (χ4v) is 3.22. The average Bonchev–Trinajstić information content (AvgIpc) is 2.70. The summed E-state index contributed by atoms with van der Waals surface area (Å²) in [5, 5.41) is 0. The van der Waals surface area contributed by atoms with Gasteiger partial charge in [0.15, 0.2) is 0 Å². The molecule has 1 saturated carbocycles. The summed E-state index contributed by atoms with van der Waals surface area (Å²) < 4.78 is 0. The molecule has 0 aromatic carbocycles. The summed E-state index contributed by atoms with van der Waals surface area (Å²) in [5.74, 6) is 1.11. The molecule has 14 heavy (non-hydrogen) atoms. The van der Waals surface area contributed by atoms with Gasteiger partial charge in [0.1, 0.15) is 0 Å². The molecule has 2 rings (SSSR count). The van der Waals surface area contributed by atoms with Gasteiger partial charge >= 0.3 is 4.87 Å². The summed E-state index contributed by atoms with van der Waals surface area (Å²) in [7, 11) is 0. The number of hydrogen-bond acceptors (Lipinski definition) is 2. The van der Waals surface area contributed by atoms with E-state index in [-0.39, 0.29) is 4.87 Å². The Morgan fingerprint density at radius 1 is 1.36 bits per heavy atom. The molecule has 0 aliphatic heterocycles. The number of H-pyrrole nitrogens is 1. The van der Waals surface area contributed by atoms with Gasteiger partial charge < -0.3 is 4.98 Å². The molecule has 0 spiro atoms. The van der Waals surface area contributed by atoms with Crippen LogP contribution >= 0.6 is 11.3 Å². The highest BCUT2D eigenvalue weighted by Gasteiger charge is 2.23. The Hall–Kier alpha value is -0.570. The smallest absolute Gasteiger partial charge is 0.304 e. The second kappa shape index (κ2) is 3.89. The van der Waals surface area contributed by atoms with Gasteiger partial charge in [0, 0.05) is 16.5 Å². The predicted molar refractivity (Wildman–Crippen MR) is 60.2 cm³/mol. The van der Waals surface area contributed by atoms with E-state index in [2.05, 4.69) is 18.8 Å². The number of rotatable bonds is 2. The lowest BCUT2D eigenvalue weighted by Crippen LogP contribution is -2.01. The van der Waals surface area contributed by atoms with Crippen LogP contribution in [0.1, 0.15) is 61.9 Å². The van der Waals surface area contributed by atoms with Crippen LogP contribution in [0.4, 0.5) is 0 Å². The van der Waals surface area contributed by atoms with Gasteiger partial charge in [-0.3, -0.25) is 4.79 Å². The molecular weight excluding hydrogens is 194 g/mol. The Morgan fingerprint density at radius 2 is 2.00 bits per heavy atom. The molecule has 1 aromatic heterocycles. The van der Waals surface area contributed by atoms with Crippen LogP contribution in [0, 0.1) is 0 Å². The average molecular weight is 211 g/mol. The molecule has 1 aromatic rings. The highest BCUT2D eigenvalue weighted by atomic mass is 32.1. The molecule has 78 valence electrons. The molecule has 1 fully saturated rings. The maximum Gasteiger partial charge on any atom is 0.304 e. The monoisotopic (exact) mass is 211 g/mol. The summed E-state index contributed by atoms with van der Waals surface area (Å²) in [6.07, 6.45) is 5.15. The highest BCUT2D eigenvalue weighted by molar-refractivity contribution is 7.09. The molecular formula is C11H17NOS. The van der Waals surface area contributed by atoms with Crippen molar-refractivity contribution in [2.75, 3.05) is 0 Å². The van der Waals surface area contributed by atoms with Crippen LogP contribution in [-0.4, -0.2) is 4.98 Å². The lowest BCUT2D eigenvalue weighted by molar-refractivity contribution is 0.682. The first-order valence-electron chi connectivity index (χ1n) is 5.41. The van der Waals surface area contributed by atoms with Crippen molar-refractivity contribution >= 4 is 11.3 Å². The van der Waals surface area contributed by atoms with E-state index in [9.17, 15) is 4.79 Å². The molecule has 3 heteroatoms. The number of thiazole rings is 1. The van der Waals surface area contributed by atoms with Crippen LogP contribution in [-0.2, 0) is 0 Å². The molecule has 1 heterocycles. The third-order valence-corrected chi connectivity index (χ3v) is 4.19. The van der Waals surface area contributed by atoms with Gasteiger partial charge in [-0.15, -0.1) is 0 Å². The zero-order chi connectivity index (χ0) is 10.1. The number of nitrogens with one attached hydrogen (secondary N) is 1. The minimum atomic E-state index is 0.121. The summed E-state index contributed by atoms with van der Waals surface area (Å²) in [4.78, 5) is 15.8. The van der Waals surface area contributed by atoms with E-state index < -0.39 is 0 Å². The number of aromatic nitrogens is 1. The summed E-state index contributed by atoms with van der Waals surface area (Å²) in [6, 6.07) is 0. The van der Waals surface area contributed by atoms with Gasteiger partial charge in [-0.05, 0) is 18.8 Å². The summed E-state index contributed by atoms with van der Waals surface area (Å²) in [5.41, 5.74) is 1.24. The molecule has 2 nitrogen and oxygen atoms in total. The Bertz CT molecular complexity index is 358. The minimum Gasteiger partial charge on any atom is -0.316 e. The second-order valence-corrected chi connectivity index (χ2v) is 5.44. The van der Waals surface area contributed by atoms with Crippen LogP contribution in [0.3, 0.4) is 0 Å². The van der Waals surface area contributed by atoms with E-state index in [0.29, 0.717) is 11.8 Å². The van der Waals surface area contributed by atoms with Crippen molar-refractivity contribution in [2.45, 2.75) is 51.4 Å². The van der Waals surface area contributed by atoms with Crippen molar-refractivity contribution in [3.05, 3.63) is 20.2 Å². The van der Waals surface area contributed by atoms with Crippen LogP contribution in [0.15, 0.2) is 4.79 Å². The van der Waals surface area contributed by atoms with Crippen molar-refractivity contribution < 1.29 is 0 Å². The minimum absolute atomic E-state index is 0.121. The normalized spacial score (nSPS) is 18.2. The molecule has 0 radical (unpaired) electrons. The molecule has 0 amide bonds. The first-order valence-corrected chi connectivity index (χ1v) is 6.23. The third kappa shape index (κ3) is 1.78. The Labute approximate surface area is 88.4 Å². The molecule has 1 N–H and O–H groups in total. The lowest BCUT2D eigenvalue weighted by atomic mass is 9.99. The maximum atomic E-state index is 11.3. The topological polar surface area (TPSA) is 32.9 Å². The third-order valence-electron chi connectivity index (χ3n) is 2.99. The quantitative estimate of drug-likeness (QED) is 0.800. The largest absolute Gasteiger partial charge is 0.316 e. The molecule has 0 saturated heterocycles. The van der Waals surface area contributed by atoms with Gasteiger partial charge in [-0.2, -0.15) is 0 Å². The number of hydrogen-bond donors (Lipinski definition) is 1. The first-order chi connectivity index (χ1) is 6.68. The molecule has 1 aliphatic carbocycles. The van der Waals surface area contributed by atoms with E-state index in [0.717, 1.165) is 0 Å². The fraction of sp³-hybridized carbons (Fsp3) is 0.727. The van der Waals surface area contributed by atoms with Crippen molar-refractivity contribution in [1.29, 1.82) is 0 Å². The van der Waals surface area contributed by atoms with Gasteiger partial charge in [-0.25, -0.2) is 0 Å². The molecule has 0 unspecified atom stereocenters. The first kappa shape index (κ1) is 9.97. The van der Waals surface area contributed by atoms with E-state index >= 15 is 0 Å². The van der Waals surface area contributed by atoms with E-state index in [1.807, 2.05) is 0 Å². The molecule has 0 bridgehead atoms. The lowest BCUT2D eigenvalue weighted by Gasteiger charge is -2.11. The van der Waals surface area contributed by atoms with Crippen molar-refractivity contribution in [3.63, 3.8) is 0 Å². The van der Waals surface area contributed by atoms with Crippen LogP contribution < -0.4 is 4.87 Å². The van der Waals surface area contributed by atoms with Crippen molar-refractivity contribution in [3.8, 4) is 0 Å². The van der Waals surface area contributed by atoms with Crippen LogP contribution in [0.25, 0.3) is 0 Å². The van der Waals surface area contributed by atoms with Crippen LogP contribution in [0.2, 0.25) is 0 Å². The molecule has 0 atom stereocenters. The van der Waals surface area contributed by atoms with Gasteiger partial charge in [0.25, 0.3) is 0 Å². The Morgan fingerprint density at radius 3 is 2.57 bits per heavy atom. The van der Waals surface area contributed by atoms with E-state index in [4.69, 9.17) is 0 Å². The van der Waals surface area contributed by atoms with Gasteiger partial charge in [0.2, 0.25) is 0 Å². The second-order valence-electron chi connectivity index (χ2n) is 4.43. The maximum absolute atomic E-state index is 11.3. The number of aromatic amines is 1. The van der Waals surface area contributed by atoms with Crippen molar-refractivity contribution in [1.82, 2.24) is 4.98 Å². The van der Waals surface area contributed by atoms with Crippen molar-refractivity contribution in [2.24, 2.45) is 0 Å².